The molecule has 0 radical (unpaired) electrons. The second-order valence-corrected chi connectivity index (χ2v) is 6.56. The highest BCUT2D eigenvalue weighted by Crippen LogP contribution is 2.25. The fourth-order valence-electron chi connectivity index (χ4n) is 1.89. The van der Waals surface area contributed by atoms with Gasteiger partial charge in [-0.05, 0) is 40.7 Å². The molecule has 1 aromatic heterocycles. The predicted octanol–water partition coefficient (Wildman–Crippen LogP) is 4.14. The number of benzene rings is 1. The van der Waals surface area contributed by atoms with Crippen LogP contribution in [0.5, 0.6) is 11.5 Å². The lowest BCUT2D eigenvalue weighted by atomic mass is 10.1. The van der Waals surface area contributed by atoms with Crippen LogP contribution < -0.4 is 10.1 Å². The van der Waals surface area contributed by atoms with Crippen LogP contribution in [-0.4, -0.2) is 15.3 Å². The second-order valence-electron chi connectivity index (χ2n) is 6.56. The molecule has 0 saturated carbocycles. The lowest BCUT2D eigenvalue weighted by Gasteiger charge is -2.21. The number of rotatable bonds is 5. The summed E-state index contributed by atoms with van der Waals surface area (Å²) in [6, 6.07) is 8.43. The van der Waals surface area contributed by atoms with Crippen LogP contribution in [0.2, 0.25) is 0 Å². The van der Waals surface area contributed by atoms with Crippen LogP contribution >= 0.6 is 0 Å². The minimum Gasteiger partial charge on any atom is -0.454 e. The fraction of sp³-hybridized carbons (Fsp3) is 0.471. The highest BCUT2D eigenvalue weighted by molar-refractivity contribution is 5.36. The maximum absolute atomic E-state index is 5.98. The van der Waals surface area contributed by atoms with Crippen LogP contribution in [0.25, 0.3) is 0 Å². The van der Waals surface area contributed by atoms with Crippen molar-refractivity contribution in [2.45, 2.75) is 52.7 Å². The second kappa shape index (κ2) is 6.31. The molecule has 1 heterocycles. The molecular weight excluding hydrogens is 262 g/mol. The summed E-state index contributed by atoms with van der Waals surface area (Å²) in [4.78, 5) is 0. The highest BCUT2D eigenvalue weighted by Gasteiger charge is 2.12. The summed E-state index contributed by atoms with van der Waals surface area (Å²) >= 11 is 0. The molecule has 4 nitrogen and oxygen atoms in total. The van der Waals surface area contributed by atoms with Gasteiger partial charge in [-0.25, -0.2) is 0 Å². The fourth-order valence-corrected chi connectivity index (χ4v) is 1.89. The Morgan fingerprint density at radius 3 is 2.57 bits per heavy atom. The zero-order chi connectivity index (χ0) is 15.5. The Labute approximate surface area is 127 Å². The summed E-state index contributed by atoms with van der Waals surface area (Å²) in [6.07, 6.45) is 3.69. The molecule has 1 N–H and O–H groups in total. The van der Waals surface area contributed by atoms with Gasteiger partial charge >= 0.3 is 0 Å². The van der Waals surface area contributed by atoms with Gasteiger partial charge in [0.05, 0.1) is 12.4 Å². The van der Waals surface area contributed by atoms with Gasteiger partial charge in [0.15, 0.2) is 5.75 Å². The number of hydrogen-bond donors (Lipinski definition) is 1. The Balaban J connectivity index is 2.12. The number of nitrogens with zero attached hydrogens (tertiary/aromatic N) is 2. The van der Waals surface area contributed by atoms with E-state index in [9.17, 15) is 0 Å². The van der Waals surface area contributed by atoms with E-state index in [-0.39, 0.29) is 5.54 Å². The molecule has 2 aromatic rings. The first-order valence-corrected chi connectivity index (χ1v) is 7.40. The zero-order valence-electron chi connectivity index (χ0n) is 13.6. The van der Waals surface area contributed by atoms with Crippen LogP contribution in [0, 0.1) is 0 Å². The summed E-state index contributed by atoms with van der Waals surface area (Å²) < 4.78 is 7.88. The monoisotopic (exact) mass is 287 g/mol. The van der Waals surface area contributed by atoms with Crippen molar-refractivity contribution in [2.75, 3.05) is 0 Å². The van der Waals surface area contributed by atoms with Crippen molar-refractivity contribution in [1.82, 2.24) is 15.1 Å². The minimum absolute atomic E-state index is 0.0790. The maximum atomic E-state index is 5.98. The summed E-state index contributed by atoms with van der Waals surface area (Å²) in [7, 11) is 0. The van der Waals surface area contributed by atoms with Crippen LogP contribution in [0.15, 0.2) is 36.7 Å². The molecule has 21 heavy (non-hydrogen) atoms. The molecule has 0 unspecified atom stereocenters. The van der Waals surface area contributed by atoms with Gasteiger partial charge < -0.3 is 10.1 Å². The van der Waals surface area contributed by atoms with E-state index in [2.05, 4.69) is 51.1 Å². The van der Waals surface area contributed by atoms with Crippen LogP contribution in [0.1, 0.15) is 46.2 Å². The third kappa shape index (κ3) is 4.60. The smallest absolute Gasteiger partial charge is 0.165 e. The molecule has 0 spiro atoms. The van der Waals surface area contributed by atoms with E-state index in [1.807, 2.05) is 29.1 Å². The van der Waals surface area contributed by atoms with Crippen molar-refractivity contribution >= 4 is 0 Å². The number of ether oxygens (including phenoxy) is 1. The molecule has 0 bridgehead atoms. The molecule has 4 heteroatoms. The van der Waals surface area contributed by atoms with Crippen LogP contribution in [0.4, 0.5) is 0 Å². The molecule has 0 fully saturated rings. The summed E-state index contributed by atoms with van der Waals surface area (Å²) in [6.45, 7) is 11.4. The summed E-state index contributed by atoms with van der Waals surface area (Å²) in [5.74, 6) is 1.64. The first-order valence-electron chi connectivity index (χ1n) is 7.40. The SMILES string of the molecule is CC(C)n1cc(Oc2ccccc2CNC(C)(C)C)cn1. The quantitative estimate of drug-likeness (QED) is 0.898. The van der Waals surface area contributed by atoms with E-state index in [0.29, 0.717) is 6.04 Å². The van der Waals surface area contributed by atoms with Crippen molar-refractivity contribution in [3.05, 3.63) is 42.2 Å². The van der Waals surface area contributed by atoms with Gasteiger partial charge in [-0.3, -0.25) is 4.68 Å². The number of hydrogen-bond acceptors (Lipinski definition) is 3. The molecule has 0 saturated heterocycles. The van der Waals surface area contributed by atoms with Crippen molar-refractivity contribution < 1.29 is 4.74 Å². The zero-order valence-corrected chi connectivity index (χ0v) is 13.6. The molecule has 0 amide bonds. The summed E-state index contributed by atoms with van der Waals surface area (Å²) in [5.41, 5.74) is 1.22. The topological polar surface area (TPSA) is 39.1 Å². The molecule has 0 aliphatic heterocycles. The van der Waals surface area contributed by atoms with Gasteiger partial charge in [-0.15, -0.1) is 0 Å². The van der Waals surface area contributed by atoms with Crippen molar-refractivity contribution in [2.24, 2.45) is 0 Å². The Bertz CT molecular complexity index is 582. The first kappa shape index (κ1) is 15.6. The largest absolute Gasteiger partial charge is 0.454 e. The average molecular weight is 287 g/mol. The number of aromatic nitrogens is 2. The Hall–Kier alpha value is -1.81. The molecular formula is C17H25N3O. The number of nitrogens with one attached hydrogen (secondary N) is 1. The van der Waals surface area contributed by atoms with Gasteiger partial charge in [0.1, 0.15) is 5.75 Å². The summed E-state index contributed by atoms with van der Waals surface area (Å²) in [5, 5.41) is 7.79. The van der Waals surface area contributed by atoms with Gasteiger partial charge in [-0.1, -0.05) is 18.2 Å². The average Bonchev–Trinajstić information content (AvgIpc) is 2.85. The maximum Gasteiger partial charge on any atom is 0.165 e. The van der Waals surface area contributed by atoms with E-state index in [4.69, 9.17) is 4.74 Å². The van der Waals surface area contributed by atoms with Crippen LogP contribution in [0.3, 0.4) is 0 Å². The molecule has 0 aliphatic rings. The molecule has 114 valence electrons. The predicted molar refractivity (Wildman–Crippen MR) is 85.7 cm³/mol. The Kier molecular flexibility index (Phi) is 4.68. The van der Waals surface area contributed by atoms with Gasteiger partial charge in [-0.2, -0.15) is 5.10 Å². The third-order valence-electron chi connectivity index (χ3n) is 3.12. The van der Waals surface area contributed by atoms with E-state index in [1.54, 1.807) is 6.20 Å². The third-order valence-corrected chi connectivity index (χ3v) is 3.12. The molecule has 0 atom stereocenters. The highest BCUT2D eigenvalue weighted by atomic mass is 16.5. The Morgan fingerprint density at radius 2 is 1.95 bits per heavy atom. The van der Waals surface area contributed by atoms with Crippen molar-refractivity contribution in [3.8, 4) is 11.5 Å². The van der Waals surface area contributed by atoms with Crippen molar-refractivity contribution in [3.63, 3.8) is 0 Å². The molecule has 1 aromatic carbocycles. The van der Waals surface area contributed by atoms with Crippen molar-refractivity contribution in [1.29, 1.82) is 0 Å². The van der Waals surface area contributed by atoms with E-state index < -0.39 is 0 Å². The first-order chi connectivity index (χ1) is 9.85. The number of para-hydroxylation sites is 1. The van der Waals surface area contributed by atoms with E-state index >= 15 is 0 Å². The van der Waals surface area contributed by atoms with Crippen LogP contribution in [-0.2, 0) is 6.54 Å². The minimum atomic E-state index is 0.0790. The van der Waals surface area contributed by atoms with Gasteiger partial charge in [0, 0.05) is 23.7 Å². The normalized spacial score (nSPS) is 11.9. The lowest BCUT2D eigenvalue weighted by molar-refractivity contribution is 0.414. The van der Waals surface area contributed by atoms with E-state index in [0.717, 1.165) is 23.6 Å². The molecule has 0 aliphatic carbocycles. The van der Waals surface area contributed by atoms with Gasteiger partial charge in [0.25, 0.3) is 0 Å². The Morgan fingerprint density at radius 1 is 1.24 bits per heavy atom. The van der Waals surface area contributed by atoms with Gasteiger partial charge in [0.2, 0.25) is 0 Å². The lowest BCUT2D eigenvalue weighted by Crippen LogP contribution is -2.35. The van der Waals surface area contributed by atoms with E-state index in [1.165, 1.54) is 0 Å². The standard InChI is InChI=1S/C17H25N3O/c1-13(2)20-12-15(11-19-20)21-16-9-7-6-8-14(16)10-18-17(3,4)5/h6-9,11-13,18H,10H2,1-5H3. The molecule has 2 rings (SSSR count).